The molecule has 0 aliphatic heterocycles. The molecule has 1 amide bonds. The van der Waals surface area contributed by atoms with Crippen molar-refractivity contribution in [2.45, 2.75) is 32.0 Å². The van der Waals surface area contributed by atoms with Crippen LogP contribution in [0.1, 0.15) is 25.3 Å². The van der Waals surface area contributed by atoms with Gasteiger partial charge in [0.25, 0.3) is 0 Å². The number of carbonyl (C=O) groups is 1. The zero-order valence-corrected chi connectivity index (χ0v) is 11.0. The number of amides is 1. The second-order valence-corrected chi connectivity index (χ2v) is 4.58. The molecule has 7 heteroatoms. The lowest BCUT2D eigenvalue weighted by Gasteiger charge is -2.12. The van der Waals surface area contributed by atoms with Crippen molar-refractivity contribution in [2.75, 3.05) is 5.32 Å². The largest absolute Gasteiger partial charge is 0.416 e. The zero-order chi connectivity index (χ0) is 14.6. The SMILES string of the molecule is CCC(N)CC(=O)Nc1cc(Cl)cc(C(F)(F)F)c1. The summed E-state index contributed by atoms with van der Waals surface area (Å²) in [7, 11) is 0. The number of benzene rings is 1. The second kappa shape index (κ2) is 6.25. The molecular weight excluding hydrogens is 281 g/mol. The molecule has 3 nitrogen and oxygen atoms in total. The molecule has 0 aliphatic carbocycles. The van der Waals surface area contributed by atoms with Crippen molar-refractivity contribution in [3.8, 4) is 0 Å². The van der Waals surface area contributed by atoms with Crippen LogP contribution >= 0.6 is 11.6 Å². The Labute approximate surface area is 113 Å². The molecule has 1 unspecified atom stereocenters. The molecule has 106 valence electrons. The van der Waals surface area contributed by atoms with Crippen molar-refractivity contribution in [1.82, 2.24) is 0 Å². The van der Waals surface area contributed by atoms with Crippen molar-refractivity contribution in [1.29, 1.82) is 0 Å². The van der Waals surface area contributed by atoms with Gasteiger partial charge in [0.2, 0.25) is 5.91 Å². The monoisotopic (exact) mass is 294 g/mol. The van der Waals surface area contributed by atoms with Crippen LogP contribution in [0.2, 0.25) is 5.02 Å². The Balaban J connectivity index is 2.84. The quantitative estimate of drug-likeness (QED) is 0.894. The van der Waals surface area contributed by atoms with Gasteiger partial charge in [0, 0.05) is 23.2 Å². The molecule has 1 aromatic rings. The van der Waals surface area contributed by atoms with Gasteiger partial charge >= 0.3 is 6.18 Å². The van der Waals surface area contributed by atoms with Gasteiger partial charge in [-0.3, -0.25) is 4.79 Å². The van der Waals surface area contributed by atoms with Crippen LogP contribution in [0.4, 0.5) is 18.9 Å². The smallest absolute Gasteiger partial charge is 0.327 e. The Kier molecular flexibility index (Phi) is 5.20. The summed E-state index contributed by atoms with van der Waals surface area (Å²) in [4.78, 5) is 11.5. The van der Waals surface area contributed by atoms with Gasteiger partial charge in [-0.25, -0.2) is 0 Å². The molecule has 3 N–H and O–H groups in total. The third kappa shape index (κ3) is 5.08. The molecule has 1 aromatic carbocycles. The number of anilines is 1. The first-order valence-electron chi connectivity index (χ1n) is 5.65. The van der Waals surface area contributed by atoms with Gasteiger partial charge in [0.15, 0.2) is 0 Å². The minimum atomic E-state index is -4.51. The van der Waals surface area contributed by atoms with Crippen LogP contribution in [0.5, 0.6) is 0 Å². The van der Waals surface area contributed by atoms with Crippen LogP contribution in [0.15, 0.2) is 18.2 Å². The van der Waals surface area contributed by atoms with E-state index in [1.807, 2.05) is 6.92 Å². The lowest BCUT2D eigenvalue weighted by atomic mass is 10.1. The molecule has 1 rings (SSSR count). The number of nitrogens with two attached hydrogens (primary N) is 1. The highest BCUT2D eigenvalue weighted by molar-refractivity contribution is 6.31. The first-order valence-corrected chi connectivity index (χ1v) is 6.03. The number of alkyl halides is 3. The van der Waals surface area contributed by atoms with E-state index in [1.165, 1.54) is 6.07 Å². The highest BCUT2D eigenvalue weighted by Gasteiger charge is 2.31. The minimum Gasteiger partial charge on any atom is -0.327 e. The summed E-state index contributed by atoms with van der Waals surface area (Å²) >= 11 is 5.60. The van der Waals surface area contributed by atoms with Gasteiger partial charge in [0.1, 0.15) is 0 Å². The van der Waals surface area contributed by atoms with E-state index in [0.717, 1.165) is 12.1 Å². The van der Waals surface area contributed by atoms with E-state index >= 15 is 0 Å². The Morgan fingerprint density at radius 1 is 1.42 bits per heavy atom. The van der Waals surface area contributed by atoms with Crippen molar-refractivity contribution in [3.63, 3.8) is 0 Å². The maximum absolute atomic E-state index is 12.6. The van der Waals surface area contributed by atoms with E-state index in [-0.39, 0.29) is 23.2 Å². The molecule has 0 aliphatic rings. The fraction of sp³-hybridized carbons (Fsp3) is 0.417. The molecule has 0 fully saturated rings. The summed E-state index contributed by atoms with van der Waals surface area (Å²) in [5.74, 6) is -0.440. The molecule has 0 heterocycles. The van der Waals surface area contributed by atoms with E-state index in [2.05, 4.69) is 5.32 Å². The lowest BCUT2D eigenvalue weighted by molar-refractivity contribution is -0.137. The number of nitrogens with one attached hydrogen (secondary N) is 1. The van der Waals surface area contributed by atoms with Crippen molar-refractivity contribution < 1.29 is 18.0 Å². The van der Waals surface area contributed by atoms with Gasteiger partial charge in [0.05, 0.1) is 5.56 Å². The average Bonchev–Trinajstić information content (AvgIpc) is 2.26. The summed E-state index contributed by atoms with van der Waals surface area (Å²) in [6.07, 6.45) is -3.86. The predicted octanol–water partition coefficient (Wildman–Crippen LogP) is 3.42. The third-order valence-corrected chi connectivity index (χ3v) is 2.70. The topological polar surface area (TPSA) is 55.1 Å². The molecule has 0 aromatic heterocycles. The summed E-state index contributed by atoms with van der Waals surface area (Å²) in [5, 5.41) is 2.26. The molecule has 0 spiro atoms. The Morgan fingerprint density at radius 2 is 2.05 bits per heavy atom. The summed E-state index contributed by atoms with van der Waals surface area (Å²) in [5.41, 5.74) is 4.69. The van der Waals surface area contributed by atoms with E-state index < -0.39 is 17.6 Å². The molecule has 0 radical (unpaired) electrons. The maximum Gasteiger partial charge on any atom is 0.416 e. The molecule has 0 saturated carbocycles. The molecular formula is C12H14ClF3N2O. The van der Waals surface area contributed by atoms with Crippen molar-refractivity contribution >= 4 is 23.2 Å². The highest BCUT2D eigenvalue weighted by Crippen LogP contribution is 2.33. The Bertz CT molecular complexity index is 463. The number of rotatable bonds is 4. The van der Waals surface area contributed by atoms with Gasteiger partial charge in [-0.2, -0.15) is 13.2 Å². The van der Waals surface area contributed by atoms with Crippen LogP contribution in [-0.4, -0.2) is 11.9 Å². The number of hydrogen-bond donors (Lipinski definition) is 2. The normalized spacial score (nSPS) is 13.2. The molecule has 19 heavy (non-hydrogen) atoms. The lowest BCUT2D eigenvalue weighted by Crippen LogP contribution is -2.26. The summed E-state index contributed by atoms with van der Waals surface area (Å²) in [6.45, 7) is 1.82. The van der Waals surface area contributed by atoms with E-state index in [4.69, 9.17) is 17.3 Å². The predicted molar refractivity (Wildman–Crippen MR) is 68.0 cm³/mol. The van der Waals surface area contributed by atoms with E-state index in [1.54, 1.807) is 0 Å². The first kappa shape index (κ1) is 15.8. The average molecular weight is 295 g/mol. The maximum atomic E-state index is 12.6. The van der Waals surface area contributed by atoms with Crippen LogP contribution in [-0.2, 0) is 11.0 Å². The first-order chi connectivity index (χ1) is 8.72. The summed E-state index contributed by atoms with van der Waals surface area (Å²) in [6, 6.07) is 2.57. The van der Waals surface area contributed by atoms with Crippen molar-refractivity contribution in [2.24, 2.45) is 5.73 Å². The van der Waals surface area contributed by atoms with Crippen LogP contribution in [0, 0.1) is 0 Å². The van der Waals surface area contributed by atoms with Gasteiger partial charge < -0.3 is 11.1 Å². The third-order valence-electron chi connectivity index (χ3n) is 2.48. The van der Waals surface area contributed by atoms with Crippen LogP contribution in [0.25, 0.3) is 0 Å². The van der Waals surface area contributed by atoms with Crippen LogP contribution < -0.4 is 11.1 Å². The standard InChI is InChI=1S/C12H14ClF3N2O/c1-2-9(17)6-11(19)18-10-4-7(12(14,15)16)3-8(13)5-10/h3-5,9H,2,6,17H2,1H3,(H,18,19). The minimum absolute atomic E-state index is 0.00753. The highest BCUT2D eigenvalue weighted by atomic mass is 35.5. The summed E-state index contributed by atoms with van der Waals surface area (Å²) < 4.78 is 37.7. The molecule has 0 bridgehead atoms. The second-order valence-electron chi connectivity index (χ2n) is 4.15. The molecule has 0 saturated heterocycles. The van der Waals surface area contributed by atoms with E-state index in [0.29, 0.717) is 6.42 Å². The Morgan fingerprint density at radius 3 is 2.58 bits per heavy atom. The van der Waals surface area contributed by atoms with Gasteiger partial charge in [-0.15, -0.1) is 0 Å². The van der Waals surface area contributed by atoms with Gasteiger partial charge in [-0.1, -0.05) is 18.5 Å². The molecule has 1 atom stereocenters. The fourth-order valence-corrected chi connectivity index (χ4v) is 1.66. The van der Waals surface area contributed by atoms with Gasteiger partial charge in [-0.05, 0) is 24.6 Å². The fourth-order valence-electron chi connectivity index (χ4n) is 1.42. The number of carbonyl (C=O) groups excluding carboxylic acids is 1. The number of halogens is 4. The van der Waals surface area contributed by atoms with Crippen molar-refractivity contribution in [3.05, 3.63) is 28.8 Å². The van der Waals surface area contributed by atoms with Crippen LogP contribution in [0.3, 0.4) is 0 Å². The number of hydrogen-bond acceptors (Lipinski definition) is 2. The Hall–Kier alpha value is -1.27. The zero-order valence-electron chi connectivity index (χ0n) is 10.2. The van der Waals surface area contributed by atoms with E-state index in [9.17, 15) is 18.0 Å².